The van der Waals surface area contributed by atoms with E-state index >= 15 is 0 Å². The summed E-state index contributed by atoms with van der Waals surface area (Å²) in [5.41, 5.74) is 0. The minimum atomic E-state index is -0.314. The zero-order valence-corrected chi connectivity index (χ0v) is 9.30. The standard InChI is InChI=1S/C10H17NO2S/c1-7-5-11(6-8(7)12)10(13)9-3-2-4-14-9/h7-9,12H,2-6H2,1H3. The smallest absolute Gasteiger partial charge is 0.235 e. The number of rotatable bonds is 1. The molecule has 2 rings (SSSR count). The van der Waals surface area contributed by atoms with Crippen LogP contribution in [0.3, 0.4) is 0 Å². The molecule has 0 saturated carbocycles. The molecular formula is C10H17NO2S. The number of aliphatic hydroxyl groups excluding tert-OH is 1. The van der Waals surface area contributed by atoms with E-state index in [2.05, 4.69) is 0 Å². The van der Waals surface area contributed by atoms with Crippen molar-refractivity contribution in [3.05, 3.63) is 0 Å². The molecular weight excluding hydrogens is 198 g/mol. The Kier molecular flexibility index (Phi) is 3.02. The maximum Gasteiger partial charge on any atom is 0.235 e. The maximum absolute atomic E-state index is 11.9. The average Bonchev–Trinajstić information content (AvgIpc) is 2.76. The number of thioether (sulfide) groups is 1. The molecule has 3 atom stereocenters. The molecule has 14 heavy (non-hydrogen) atoms. The number of carbonyl (C=O) groups is 1. The highest BCUT2D eigenvalue weighted by Gasteiger charge is 2.35. The number of nitrogens with zero attached hydrogens (tertiary/aromatic N) is 1. The van der Waals surface area contributed by atoms with Gasteiger partial charge in [0.15, 0.2) is 0 Å². The van der Waals surface area contributed by atoms with Gasteiger partial charge in [0, 0.05) is 19.0 Å². The molecule has 2 heterocycles. The van der Waals surface area contributed by atoms with E-state index in [1.165, 1.54) is 0 Å². The number of hydrogen-bond acceptors (Lipinski definition) is 3. The van der Waals surface area contributed by atoms with E-state index in [0.717, 1.165) is 25.1 Å². The molecule has 0 radical (unpaired) electrons. The predicted molar refractivity (Wildman–Crippen MR) is 57.2 cm³/mol. The summed E-state index contributed by atoms with van der Waals surface area (Å²) in [6, 6.07) is 0. The Morgan fingerprint density at radius 2 is 2.29 bits per heavy atom. The van der Waals surface area contributed by atoms with Crippen molar-refractivity contribution in [3.8, 4) is 0 Å². The van der Waals surface area contributed by atoms with E-state index in [-0.39, 0.29) is 23.2 Å². The van der Waals surface area contributed by atoms with Gasteiger partial charge in [-0.15, -0.1) is 11.8 Å². The number of aliphatic hydroxyl groups is 1. The van der Waals surface area contributed by atoms with Crippen LogP contribution in [0.5, 0.6) is 0 Å². The lowest BCUT2D eigenvalue weighted by Crippen LogP contribution is -2.35. The lowest BCUT2D eigenvalue weighted by Gasteiger charge is -2.19. The summed E-state index contributed by atoms with van der Waals surface area (Å²) < 4.78 is 0. The topological polar surface area (TPSA) is 40.5 Å². The van der Waals surface area contributed by atoms with Gasteiger partial charge < -0.3 is 10.0 Å². The van der Waals surface area contributed by atoms with Gasteiger partial charge in [-0.25, -0.2) is 0 Å². The van der Waals surface area contributed by atoms with E-state index in [4.69, 9.17) is 0 Å². The van der Waals surface area contributed by atoms with E-state index in [1.54, 1.807) is 11.8 Å². The van der Waals surface area contributed by atoms with Crippen LogP contribution < -0.4 is 0 Å². The molecule has 0 aromatic rings. The van der Waals surface area contributed by atoms with Gasteiger partial charge in [-0.05, 0) is 18.6 Å². The molecule has 0 aliphatic carbocycles. The number of hydrogen-bond donors (Lipinski definition) is 1. The van der Waals surface area contributed by atoms with Crippen LogP contribution in [0.2, 0.25) is 0 Å². The first-order chi connectivity index (χ1) is 6.68. The largest absolute Gasteiger partial charge is 0.391 e. The Morgan fingerprint density at radius 1 is 1.50 bits per heavy atom. The summed E-state index contributed by atoms with van der Waals surface area (Å²) in [4.78, 5) is 13.8. The Hall–Kier alpha value is -0.220. The Bertz CT molecular complexity index is 218. The van der Waals surface area contributed by atoms with Gasteiger partial charge >= 0.3 is 0 Å². The van der Waals surface area contributed by atoms with Crippen LogP contribution in [0.25, 0.3) is 0 Å². The first kappa shape index (κ1) is 10.3. The second-order valence-electron chi connectivity index (χ2n) is 4.29. The Morgan fingerprint density at radius 3 is 2.79 bits per heavy atom. The second-order valence-corrected chi connectivity index (χ2v) is 5.60. The third-order valence-electron chi connectivity index (χ3n) is 3.09. The molecule has 0 spiro atoms. The lowest BCUT2D eigenvalue weighted by molar-refractivity contribution is -0.130. The van der Waals surface area contributed by atoms with Crippen LogP contribution in [0.1, 0.15) is 19.8 Å². The molecule has 1 amide bonds. The number of β-amino-alcohol motifs (C(OH)–C–C–N with tert-alkyl or cyclic N) is 1. The van der Waals surface area contributed by atoms with E-state index in [0.29, 0.717) is 6.54 Å². The van der Waals surface area contributed by atoms with Crippen LogP contribution in [0.4, 0.5) is 0 Å². The highest BCUT2D eigenvalue weighted by molar-refractivity contribution is 8.00. The van der Waals surface area contributed by atoms with Crippen LogP contribution in [0.15, 0.2) is 0 Å². The quantitative estimate of drug-likeness (QED) is 0.701. The molecule has 2 saturated heterocycles. The summed E-state index contributed by atoms with van der Waals surface area (Å²) in [7, 11) is 0. The van der Waals surface area contributed by atoms with E-state index in [1.807, 2.05) is 11.8 Å². The molecule has 2 aliphatic heterocycles. The van der Waals surface area contributed by atoms with Gasteiger partial charge in [0.05, 0.1) is 11.4 Å². The molecule has 80 valence electrons. The molecule has 0 bridgehead atoms. The molecule has 3 nitrogen and oxygen atoms in total. The monoisotopic (exact) mass is 215 g/mol. The number of carbonyl (C=O) groups excluding carboxylic acids is 1. The summed E-state index contributed by atoms with van der Waals surface area (Å²) in [5, 5.41) is 9.73. The number of likely N-dealkylation sites (tertiary alicyclic amines) is 1. The highest BCUT2D eigenvalue weighted by atomic mass is 32.2. The average molecular weight is 215 g/mol. The molecule has 3 unspecified atom stereocenters. The van der Waals surface area contributed by atoms with Gasteiger partial charge in [0.25, 0.3) is 0 Å². The van der Waals surface area contributed by atoms with Crippen molar-refractivity contribution >= 4 is 17.7 Å². The summed E-state index contributed by atoms with van der Waals surface area (Å²) in [6.45, 7) is 3.27. The SMILES string of the molecule is CC1CN(C(=O)C2CCCS2)CC1O. The fraction of sp³-hybridized carbons (Fsp3) is 0.900. The molecule has 2 aliphatic rings. The van der Waals surface area contributed by atoms with Crippen molar-refractivity contribution in [3.63, 3.8) is 0 Å². The van der Waals surface area contributed by atoms with Crippen molar-refractivity contribution < 1.29 is 9.90 Å². The minimum Gasteiger partial charge on any atom is -0.391 e. The predicted octanol–water partition coefficient (Wildman–Crippen LogP) is 0.721. The zero-order chi connectivity index (χ0) is 10.1. The normalized spacial score (nSPS) is 37.9. The van der Waals surface area contributed by atoms with E-state index < -0.39 is 0 Å². The molecule has 1 N–H and O–H groups in total. The van der Waals surface area contributed by atoms with E-state index in [9.17, 15) is 9.90 Å². The molecule has 0 aromatic carbocycles. The molecule has 4 heteroatoms. The second kappa shape index (κ2) is 4.11. The highest BCUT2D eigenvalue weighted by Crippen LogP contribution is 2.29. The summed E-state index contributed by atoms with van der Waals surface area (Å²) in [6.07, 6.45) is 1.86. The van der Waals surface area contributed by atoms with Crippen molar-refractivity contribution in [1.82, 2.24) is 4.90 Å². The molecule has 0 aromatic heterocycles. The van der Waals surface area contributed by atoms with Crippen LogP contribution in [-0.2, 0) is 4.79 Å². The maximum atomic E-state index is 11.9. The lowest BCUT2D eigenvalue weighted by atomic mass is 10.1. The fourth-order valence-corrected chi connectivity index (χ4v) is 3.35. The van der Waals surface area contributed by atoms with Crippen molar-refractivity contribution in [2.45, 2.75) is 31.1 Å². The van der Waals surface area contributed by atoms with Crippen LogP contribution >= 0.6 is 11.8 Å². The van der Waals surface area contributed by atoms with Gasteiger partial charge in [-0.3, -0.25) is 4.79 Å². The van der Waals surface area contributed by atoms with Gasteiger partial charge in [0.2, 0.25) is 5.91 Å². The van der Waals surface area contributed by atoms with Crippen molar-refractivity contribution in [2.75, 3.05) is 18.8 Å². The number of amides is 1. The van der Waals surface area contributed by atoms with Crippen LogP contribution in [0, 0.1) is 5.92 Å². The summed E-state index contributed by atoms with van der Waals surface area (Å²) >= 11 is 1.77. The third kappa shape index (κ3) is 1.91. The minimum absolute atomic E-state index is 0.174. The van der Waals surface area contributed by atoms with Gasteiger partial charge in [-0.2, -0.15) is 0 Å². The first-order valence-corrected chi connectivity index (χ1v) is 6.32. The van der Waals surface area contributed by atoms with Crippen molar-refractivity contribution in [1.29, 1.82) is 0 Å². The van der Waals surface area contributed by atoms with Gasteiger partial charge in [0.1, 0.15) is 0 Å². The molecule has 2 fully saturated rings. The Labute approximate surface area is 88.9 Å². The third-order valence-corrected chi connectivity index (χ3v) is 4.45. The van der Waals surface area contributed by atoms with Crippen LogP contribution in [-0.4, -0.2) is 46.1 Å². The first-order valence-electron chi connectivity index (χ1n) is 5.27. The fourth-order valence-electron chi connectivity index (χ4n) is 2.11. The van der Waals surface area contributed by atoms with Gasteiger partial charge in [-0.1, -0.05) is 6.92 Å². The Balaban J connectivity index is 1.92. The van der Waals surface area contributed by atoms with Crippen molar-refractivity contribution in [2.24, 2.45) is 5.92 Å². The summed E-state index contributed by atoms with van der Waals surface area (Å²) in [5.74, 6) is 1.60. The zero-order valence-electron chi connectivity index (χ0n) is 8.48.